The van der Waals surface area contributed by atoms with Gasteiger partial charge in [-0.05, 0) is 30.5 Å². The molecule has 27 heavy (non-hydrogen) atoms. The fraction of sp³-hybridized carbons (Fsp3) is 0.263. The highest BCUT2D eigenvalue weighted by Gasteiger charge is 2.22. The third-order valence-electron chi connectivity index (χ3n) is 3.92. The Morgan fingerprint density at radius 1 is 1.26 bits per heavy atom. The van der Waals surface area contributed by atoms with Gasteiger partial charge in [-0.1, -0.05) is 12.1 Å². The molecule has 0 spiro atoms. The lowest BCUT2D eigenvalue weighted by atomic mass is 10.1. The van der Waals surface area contributed by atoms with Gasteiger partial charge in [-0.25, -0.2) is 9.18 Å². The van der Waals surface area contributed by atoms with Crippen molar-refractivity contribution in [1.29, 1.82) is 0 Å². The molecule has 1 amide bonds. The lowest BCUT2D eigenvalue weighted by Crippen LogP contribution is -2.30. The predicted molar refractivity (Wildman–Crippen MR) is 104 cm³/mol. The number of rotatable bonds is 7. The lowest BCUT2D eigenvalue weighted by molar-refractivity contribution is -0.124. The van der Waals surface area contributed by atoms with Gasteiger partial charge in [0, 0.05) is 27.6 Å². The second kappa shape index (κ2) is 8.60. The maximum atomic E-state index is 14.2. The summed E-state index contributed by atoms with van der Waals surface area (Å²) in [6.45, 7) is 1.53. The molecule has 0 aliphatic carbocycles. The van der Waals surface area contributed by atoms with Crippen molar-refractivity contribution in [2.45, 2.75) is 19.6 Å². The maximum Gasteiger partial charge on any atom is 0.349 e. The zero-order valence-corrected chi connectivity index (χ0v) is 16.4. The van der Waals surface area contributed by atoms with Gasteiger partial charge < -0.3 is 14.8 Å². The molecule has 1 N–H and O–H groups in total. The molecule has 142 valence electrons. The number of ether oxygens (including phenoxy) is 2. The summed E-state index contributed by atoms with van der Waals surface area (Å²) in [4.78, 5) is 25.8. The second-order valence-corrected chi connectivity index (χ2v) is 7.87. The van der Waals surface area contributed by atoms with Crippen molar-refractivity contribution in [1.82, 2.24) is 5.32 Å². The molecule has 8 heteroatoms. The van der Waals surface area contributed by atoms with Gasteiger partial charge in [-0.3, -0.25) is 4.79 Å². The van der Waals surface area contributed by atoms with Gasteiger partial charge in [-0.15, -0.1) is 22.7 Å². The first-order valence-electron chi connectivity index (χ1n) is 8.20. The molecule has 0 unspecified atom stereocenters. The number of benzene rings is 1. The number of carbonyl (C=O) groups is 2. The number of thiophene rings is 2. The molecule has 0 radical (unpaired) electrons. The van der Waals surface area contributed by atoms with Crippen LogP contribution in [0.3, 0.4) is 0 Å². The van der Waals surface area contributed by atoms with Crippen molar-refractivity contribution in [3.63, 3.8) is 0 Å². The Balaban J connectivity index is 1.70. The van der Waals surface area contributed by atoms with E-state index in [1.807, 2.05) is 24.4 Å². The van der Waals surface area contributed by atoms with Crippen molar-refractivity contribution < 1.29 is 23.5 Å². The third-order valence-corrected chi connectivity index (χ3v) is 6.15. The Bertz CT molecular complexity index is 952. The van der Waals surface area contributed by atoms with Crippen molar-refractivity contribution in [3.8, 4) is 0 Å². The van der Waals surface area contributed by atoms with Crippen LogP contribution in [-0.2, 0) is 20.9 Å². The Hall–Kier alpha value is -2.29. The summed E-state index contributed by atoms with van der Waals surface area (Å²) in [6.07, 6.45) is 0. The van der Waals surface area contributed by atoms with Crippen LogP contribution < -0.4 is 5.32 Å². The molecular formula is C19H18FNO4S2. The Kier molecular flexibility index (Phi) is 6.20. The van der Waals surface area contributed by atoms with E-state index in [1.165, 1.54) is 24.5 Å². The number of methoxy groups -OCH3 is 1. The first-order valence-corrected chi connectivity index (χ1v) is 9.89. The van der Waals surface area contributed by atoms with Gasteiger partial charge in [0.2, 0.25) is 0 Å². The van der Waals surface area contributed by atoms with E-state index in [0.717, 1.165) is 16.2 Å². The molecular weight excluding hydrogens is 389 g/mol. The standard InChI is InChI=1S/C19H18FNO4S2/c1-11(14-7-4-8-26-14)21-16(22)10-25-19(23)18-12(9-24-2)17-13(20)5-3-6-15(17)27-18/h3-8,11H,9-10H2,1-2H3,(H,21,22)/t11-/m1/s1. The summed E-state index contributed by atoms with van der Waals surface area (Å²) < 4.78 is 25.1. The van der Waals surface area contributed by atoms with Crippen LogP contribution >= 0.6 is 22.7 Å². The van der Waals surface area contributed by atoms with Gasteiger partial charge in [0.1, 0.15) is 10.7 Å². The molecule has 0 fully saturated rings. The molecule has 1 atom stereocenters. The van der Waals surface area contributed by atoms with Crippen molar-refractivity contribution in [2.24, 2.45) is 0 Å². The molecule has 0 aliphatic rings. The number of nitrogens with one attached hydrogen (secondary N) is 1. The number of esters is 1. The molecule has 0 saturated carbocycles. The van der Waals surface area contributed by atoms with E-state index in [9.17, 15) is 14.0 Å². The van der Waals surface area contributed by atoms with Crippen LogP contribution in [-0.4, -0.2) is 25.6 Å². The number of halogens is 1. The van der Waals surface area contributed by atoms with Crippen LogP contribution in [0.4, 0.5) is 4.39 Å². The number of hydrogen-bond acceptors (Lipinski definition) is 6. The van der Waals surface area contributed by atoms with Gasteiger partial charge >= 0.3 is 5.97 Å². The van der Waals surface area contributed by atoms with Crippen molar-refractivity contribution in [3.05, 3.63) is 56.8 Å². The molecule has 3 rings (SSSR count). The number of amides is 1. The van der Waals surface area contributed by atoms with Gasteiger partial charge in [0.05, 0.1) is 12.6 Å². The predicted octanol–water partition coefficient (Wildman–Crippen LogP) is 4.28. The summed E-state index contributed by atoms with van der Waals surface area (Å²) in [5, 5.41) is 5.06. The van der Waals surface area contributed by atoms with Crippen molar-refractivity contribution in [2.75, 3.05) is 13.7 Å². The van der Waals surface area contributed by atoms with Crippen LogP contribution in [0, 0.1) is 5.82 Å². The highest BCUT2D eigenvalue weighted by molar-refractivity contribution is 7.21. The smallest absolute Gasteiger partial charge is 0.349 e. The van der Waals surface area contributed by atoms with Crippen LogP contribution in [0.5, 0.6) is 0 Å². The molecule has 5 nitrogen and oxygen atoms in total. The summed E-state index contributed by atoms with van der Waals surface area (Å²) in [5.41, 5.74) is 0.438. The van der Waals surface area contributed by atoms with E-state index in [-0.39, 0.29) is 17.5 Å². The first-order chi connectivity index (χ1) is 13.0. The molecule has 0 saturated heterocycles. The minimum atomic E-state index is -0.665. The average molecular weight is 407 g/mol. The molecule has 2 aromatic heterocycles. The SMILES string of the molecule is COCc1c(C(=O)OCC(=O)N[C@H](C)c2cccs2)sc2cccc(F)c12. The second-order valence-electron chi connectivity index (χ2n) is 5.84. The fourth-order valence-electron chi connectivity index (χ4n) is 2.70. The minimum absolute atomic E-state index is 0.0764. The van der Waals surface area contributed by atoms with Crippen LogP contribution in [0.25, 0.3) is 10.1 Å². The summed E-state index contributed by atoms with van der Waals surface area (Å²) in [7, 11) is 1.47. The summed E-state index contributed by atoms with van der Waals surface area (Å²) in [6, 6.07) is 8.31. The Morgan fingerprint density at radius 2 is 2.07 bits per heavy atom. The summed E-state index contributed by atoms with van der Waals surface area (Å²) in [5.74, 6) is -1.48. The minimum Gasteiger partial charge on any atom is -0.451 e. The van der Waals surface area contributed by atoms with E-state index in [0.29, 0.717) is 15.6 Å². The van der Waals surface area contributed by atoms with E-state index < -0.39 is 24.3 Å². The van der Waals surface area contributed by atoms with Crippen molar-refractivity contribution >= 4 is 44.6 Å². The Labute approximate surface area is 163 Å². The van der Waals surface area contributed by atoms with E-state index in [1.54, 1.807) is 12.1 Å². The van der Waals surface area contributed by atoms with E-state index in [4.69, 9.17) is 9.47 Å². The zero-order chi connectivity index (χ0) is 19.4. The molecule has 0 bridgehead atoms. The fourth-order valence-corrected chi connectivity index (χ4v) is 4.55. The third kappa shape index (κ3) is 4.35. The van der Waals surface area contributed by atoms with Crippen LogP contribution in [0.15, 0.2) is 35.7 Å². The topological polar surface area (TPSA) is 64.6 Å². The highest BCUT2D eigenvalue weighted by Crippen LogP contribution is 2.34. The molecule has 0 aliphatic heterocycles. The Morgan fingerprint density at radius 3 is 2.78 bits per heavy atom. The first kappa shape index (κ1) is 19.5. The molecule has 3 aromatic rings. The van der Waals surface area contributed by atoms with Gasteiger partial charge in [0.15, 0.2) is 6.61 Å². The number of fused-ring (bicyclic) bond motifs is 1. The summed E-state index contributed by atoms with van der Waals surface area (Å²) >= 11 is 2.66. The van der Waals surface area contributed by atoms with E-state index >= 15 is 0 Å². The van der Waals surface area contributed by atoms with Gasteiger partial charge in [0.25, 0.3) is 5.91 Å². The lowest BCUT2D eigenvalue weighted by Gasteiger charge is -2.12. The zero-order valence-electron chi connectivity index (χ0n) is 14.8. The van der Waals surface area contributed by atoms with Gasteiger partial charge in [-0.2, -0.15) is 0 Å². The average Bonchev–Trinajstić information content (AvgIpc) is 3.29. The van der Waals surface area contributed by atoms with E-state index in [2.05, 4.69) is 5.32 Å². The molecule has 2 heterocycles. The largest absolute Gasteiger partial charge is 0.451 e. The quantitative estimate of drug-likeness (QED) is 0.594. The normalized spacial score (nSPS) is 12.1. The monoisotopic (exact) mass is 407 g/mol. The van der Waals surface area contributed by atoms with Crippen LogP contribution in [0.1, 0.15) is 33.1 Å². The molecule has 1 aromatic carbocycles. The number of hydrogen-bond donors (Lipinski definition) is 1. The number of carbonyl (C=O) groups excluding carboxylic acids is 2. The van der Waals surface area contributed by atoms with Crippen LogP contribution in [0.2, 0.25) is 0 Å². The maximum absolute atomic E-state index is 14.2. The highest BCUT2D eigenvalue weighted by atomic mass is 32.1.